The monoisotopic (exact) mass is 334 g/mol. The van der Waals surface area contributed by atoms with E-state index in [1.54, 1.807) is 22.9 Å². The molecular formula is C17H19ClN2O3. The van der Waals surface area contributed by atoms with Crippen molar-refractivity contribution in [2.45, 2.75) is 13.8 Å². The second kappa shape index (κ2) is 6.87. The van der Waals surface area contributed by atoms with E-state index in [-0.39, 0.29) is 5.78 Å². The highest BCUT2D eigenvalue weighted by molar-refractivity contribution is 6.32. The number of hydrogen-bond acceptors (Lipinski definition) is 4. The molecule has 0 N–H and O–H groups in total. The van der Waals surface area contributed by atoms with Crippen molar-refractivity contribution in [2.75, 3.05) is 14.2 Å². The molecule has 0 spiro atoms. The first-order valence-electron chi connectivity index (χ1n) is 7.03. The van der Waals surface area contributed by atoms with Gasteiger partial charge in [0.15, 0.2) is 17.3 Å². The van der Waals surface area contributed by atoms with Crippen LogP contribution in [0.3, 0.4) is 0 Å². The van der Waals surface area contributed by atoms with E-state index in [1.165, 1.54) is 20.3 Å². The molecule has 0 amide bonds. The zero-order valence-electron chi connectivity index (χ0n) is 13.8. The molecule has 0 aliphatic carbocycles. The van der Waals surface area contributed by atoms with Crippen molar-refractivity contribution < 1.29 is 14.3 Å². The summed E-state index contributed by atoms with van der Waals surface area (Å²) in [4.78, 5) is 12.4. The summed E-state index contributed by atoms with van der Waals surface area (Å²) in [7, 11) is 4.88. The van der Waals surface area contributed by atoms with Crippen LogP contribution in [0.25, 0.3) is 6.08 Å². The van der Waals surface area contributed by atoms with Gasteiger partial charge in [-0.3, -0.25) is 9.48 Å². The molecule has 2 rings (SSSR count). The van der Waals surface area contributed by atoms with Gasteiger partial charge in [0.2, 0.25) is 0 Å². The molecule has 6 heteroatoms. The molecule has 0 fully saturated rings. The van der Waals surface area contributed by atoms with Crippen LogP contribution in [0.4, 0.5) is 0 Å². The van der Waals surface area contributed by atoms with Crippen LogP contribution in [-0.2, 0) is 7.05 Å². The van der Waals surface area contributed by atoms with E-state index in [9.17, 15) is 4.79 Å². The maximum absolute atomic E-state index is 12.4. The smallest absolute Gasteiger partial charge is 0.189 e. The molecule has 1 heterocycles. The Morgan fingerprint density at radius 3 is 2.48 bits per heavy atom. The predicted octanol–water partition coefficient (Wildman–Crippen LogP) is 3.60. The second-order valence-corrected chi connectivity index (χ2v) is 5.51. The molecule has 0 aliphatic heterocycles. The molecule has 0 unspecified atom stereocenters. The summed E-state index contributed by atoms with van der Waals surface area (Å²) in [5, 5.41) is 4.68. The molecule has 0 saturated carbocycles. The number of allylic oxidation sites excluding steroid dienone is 1. The van der Waals surface area contributed by atoms with Crippen LogP contribution in [0.2, 0.25) is 5.02 Å². The summed E-state index contributed by atoms with van der Waals surface area (Å²) in [5.41, 5.74) is 2.92. The molecule has 0 aliphatic rings. The highest BCUT2D eigenvalue weighted by Gasteiger charge is 2.15. The first kappa shape index (κ1) is 17.1. The fourth-order valence-corrected chi connectivity index (χ4v) is 2.72. The Morgan fingerprint density at radius 1 is 1.26 bits per heavy atom. The topological polar surface area (TPSA) is 53.3 Å². The number of nitrogens with zero attached hydrogens (tertiary/aromatic N) is 2. The number of aryl methyl sites for hydroxylation is 2. The van der Waals surface area contributed by atoms with Gasteiger partial charge < -0.3 is 9.47 Å². The molecule has 0 saturated heterocycles. The number of ether oxygens (including phenoxy) is 2. The Kier molecular flexibility index (Phi) is 5.11. The first-order chi connectivity index (χ1) is 10.9. The third-order valence-electron chi connectivity index (χ3n) is 3.64. The highest BCUT2D eigenvalue weighted by atomic mass is 35.5. The number of ketones is 1. The number of halogens is 1. The highest BCUT2D eigenvalue weighted by Crippen LogP contribution is 2.36. The lowest BCUT2D eigenvalue weighted by Gasteiger charge is -2.10. The van der Waals surface area contributed by atoms with Gasteiger partial charge >= 0.3 is 0 Å². The Hall–Kier alpha value is -2.27. The van der Waals surface area contributed by atoms with Gasteiger partial charge in [0.25, 0.3) is 0 Å². The number of hydrogen-bond donors (Lipinski definition) is 0. The van der Waals surface area contributed by atoms with Crippen molar-refractivity contribution in [2.24, 2.45) is 7.05 Å². The number of benzene rings is 1. The van der Waals surface area contributed by atoms with Gasteiger partial charge in [-0.15, -0.1) is 0 Å². The van der Waals surface area contributed by atoms with Crippen LogP contribution in [0.5, 0.6) is 11.5 Å². The van der Waals surface area contributed by atoms with E-state index in [0.717, 1.165) is 11.3 Å². The Balaban J connectivity index is 2.33. The molecule has 1 aromatic carbocycles. The van der Waals surface area contributed by atoms with Crippen LogP contribution >= 0.6 is 11.6 Å². The number of carbonyl (C=O) groups is 1. The molecule has 1 aromatic heterocycles. The van der Waals surface area contributed by atoms with Crippen molar-refractivity contribution in [1.29, 1.82) is 0 Å². The lowest BCUT2D eigenvalue weighted by Crippen LogP contribution is -1.99. The van der Waals surface area contributed by atoms with Crippen molar-refractivity contribution in [3.05, 3.63) is 45.7 Å². The van der Waals surface area contributed by atoms with Gasteiger partial charge in [0.1, 0.15) is 0 Å². The second-order valence-electron chi connectivity index (χ2n) is 5.11. The fraction of sp³-hybridized carbons (Fsp3) is 0.294. The van der Waals surface area contributed by atoms with E-state index in [0.29, 0.717) is 27.8 Å². The zero-order valence-corrected chi connectivity index (χ0v) is 14.6. The van der Waals surface area contributed by atoms with Crippen LogP contribution in [0, 0.1) is 13.8 Å². The number of aromatic nitrogens is 2. The van der Waals surface area contributed by atoms with Gasteiger partial charge in [-0.05, 0) is 37.6 Å². The van der Waals surface area contributed by atoms with Crippen LogP contribution in [-0.4, -0.2) is 29.8 Å². The van der Waals surface area contributed by atoms with Crippen LogP contribution in [0.1, 0.15) is 27.3 Å². The average Bonchev–Trinajstić information content (AvgIpc) is 2.77. The minimum Gasteiger partial charge on any atom is -0.493 e. The third-order valence-corrected chi connectivity index (χ3v) is 3.92. The normalized spacial score (nSPS) is 11.0. The maximum Gasteiger partial charge on any atom is 0.189 e. The molecule has 0 atom stereocenters. The molecule has 23 heavy (non-hydrogen) atoms. The van der Waals surface area contributed by atoms with Gasteiger partial charge in [-0.1, -0.05) is 17.7 Å². The molecular weight excluding hydrogens is 316 g/mol. The number of rotatable bonds is 5. The van der Waals surface area contributed by atoms with Crippen molar-refractivity contribution in [3.63, 3.8) is 0 Å². The Morgan fingerprint density at radius 2 is 1.96 bits per heavy atom. The zero-order chi connectivity index (χ0) is 17.1. The van der Waals surface area contributed by atoms with Gasteiger partial charge in [-0.25, -0.2) is 0 Å². The lowest BCUT2D eigenvalue weighted by molar-refractivity contribution is 0.104. The van der Waals surface area contributed by atoms with Crippen molar-refractivity contribution in [1.82, 2.24) is 9.78 Å². The Labute approximate surface area is 140 Å². The SMILES string of the molecule is COc1cc(/C=C/C(=O)c2c(C)nn(C)c2C)cc(Cl)c1OC. The minimum absolute atomic E-state index is 0.0981. The minimum atomic E-state index is -0.0981. The van der Waals surface area contributed by atoms with Crippen molar-refractivity contribution >= 4 is 23.5 Å². The summed E-state index contributed by atoms with van der Waals surface area (Å²) in [5.74, 6) is 0.886. The maximum atomic E-state index is 12.4. The van der Waals surface area contributed by atoms with Gasteiger partial charge in [0, 0.05) is 12.7 Å². The predicted molar refractivity (Wildman–Crippen MR) is 90.6 cm³/mol. The standard InChI is InChI=1S/C17H19ClN2O3/c1-10-16(11(2)20(3)19-10)14(21)7-6-12-8-13(18)17(23-5)15(9-12)22-4/h6-9H,1-5H3/b7-6+. The Bertz CT molecular complexity index is 779. The average molecular weight is 335 g/mol. The third kappa shape index (κ3) is 3.40. The lowest BCUT2D eigenvalue weighted by atomic mass is 10.1. The summed E-state index contributed by atoms with van der Waals surface area (Å²) < 4.78 is 12.1. The molecule has 0 bridgehead atoms. The largest absolute Gasteiger partial charge is 0.493 e. The molecule has 5 nitrogen and oxygen atoms in total. The van der Waals surface area contributed by atoms with Gasteiger partial charge in [0.05, 0.1) is 30.5 Å². The van der Waals surface area contributed by atoms with Crippen LogP contribution in [0.15, 0.2) is 18.2 Å². The van der Waals surface area contributed by atoms with Crippen LogP contribution < -0.4 is 9.47 Å². The van der Waals surface area contributed by atoms with E-state index in [2.05, 4.69) is 5.10 Å². The van der Waals surface area contributed by atoms with E-state index < -0.39 is 0 Å². The fourth-order valence-electron chi connectivity index (χ4n) is 2.42. The summed E-state index contributed by atoms with van der Waals surface area (Å²) >= 11 is 6.16. The van der Waals surface area contributed by atoms with E-state index in [4.69, 9.17) is 21.1 Å². The van der Waals surface area contributed by atoms with Crippen molar-refractivity contribution in [3.8, 4) is 11.5 Å². The molecule has 2 aromatic rings. The number of carbonyl (C=O) groups excluding carboxylic acids is 1. The quantitative estimate of drug-likeness (QED) is 0.619. The molecule has 0 radical (unpaired) electrons. The summed E-state index contributed by atoms with van der Waals surface area (Å²) in [6.45, 7) is 3.69. The van der Waals surface area contributed by atoms with E-state index >= 15 is 0 Å². The van der Waals surface area contributed by atoms with Gasteiger partial charge in [-0.2, -0.15) is 5.10 Å². The first-order valence-corrected chi connectivity index (χ1v) is 7.41. The van der Waals surface area contributed by atoms with E-state index in [1.807, 2.05) is 20.9 Å². The summed E-state index contributed by atoms with van der Waals surface area (Å²) in [6, 6.07) is 3.48. The number of methoxy groups -OCH3 is 2. The molecule has 122 valence electrons. The summed E-state index contributed by atoms with van der Waals surface area (Å²) in [6.07, 6.45) is 3.21.